The Labute approximate surface area is 115 Å². The summed E-state index contributed by atoms with van der Waals surface area (Å²) in [6.45, 7) is 2.12. The highest BCUT2D eigenvalue weighted by molar-refractivity contribution is 7.15. The first kappa shape index (κ1) is 13.4. The van der Waals surface area contributed by atoms with Crippen LogP contribution in [0.15, 0.2) is 29.6 Å². The highest BCUT2D eigenvalue weighted by Gasteiger charge is 2.18. The fourth-order valence-corrected chi connectivity index (χ4v) is 2.59. The zero-order valence-corrected chi connectivity index (χ0v) is 11.6. The van der Waals surface area contributed by atoms with E-state index in [1.165, 1.54) is 11.3 Å². The highest BCUT2D eigenvalue weighted by Crippen LogP contribution is 2.36. The van der Waals surface area contributed by atoms with Gasteiger partial charge in [-0.05, 0) is 24.6 Å². The minimum Gasteiger partial charge on any atom is -0.497 e. The number of nitrogen functional groups attached to an aromatic ring is 1. The molecular formula is C14H15NO3S. The van der Waals surface area contributed by atoms with Crippen LogP contribution < -0.4 is 10.5 Å². The molecule has 4 nitrogen and oxygen atoms in total. The van der Waals surface area contributed by atoms with Gasteiger partial charge in [0.1, 0.15) is 5.75 Å². The van der Waals surface area contributed by atoms with Crippen molar-refractivity contribution >= 4 is 22.3 Å². The summed E-state index contributed by atoms with van der Waals surface area (Å²) in [6.07, 6.45) is 0. The molecule has 0 spiro atoms. The van der Waals surface area contributed by atoms with Crippen LogP contribution in [0.25, 0.3) is 11.1 Å². The van der Waals surface area contributed by atoms with Gasteiger partial charge in [0.15, 0.2) is 0 Å². The summed E-state index contributed by atoms with van der Waals surface area (Å²) < 4.78 is 10.1. The number of hydrogen-bond donors (Lipinski definition) is 1. The van der Waals surface area contributed by atoms with E-state index in [1.807, 2.05) is 24.3 Å². The monoisotopic (exact) mass is 277 g/mol. The molecule has 1 heterocycles. The van der Waals surface area contributed by atoms with Crippen LogP contribution in [0.3, 0.4) is 0 Å². The topological polar surface area (TPSA) is 61.5 Å². The van der Waals surface area contributed by atoms with E-state index < -0.39 is 0 Å². The molecule has 0 aliphatic rings. The van der Waals surface area contributed by atoms with Gasteiger partial charge in [-0.25, -0.2) is 4.79 Å². The second-order valence-corrected chi connectivity index (χ2v) is 4.75. The molecule has 2 N–H and O–H groups in total. The standard InChI is InChI=1S/C14H15NO3S/c1-3-18-14(16)11-8-19-13(15)12(11)9-4-6-10(17-2)7-5-9/h4-8H,3,15H2,1-2H3. The first-order valence-electron chi connectivity index (χ1n) is 5.85. The Morgan fingerprint density at radius 2 is 2.00 bits per heavy atom. The number of nitrogens with two attached hydrogens (primary N) is 1. The average molecular weight is 277 g/mol. The molecular weight excluding hydrogens is 262 g/mol. The Balaban J connectivity index is 2.42. The Morgan fingerprint density at radius 3 is 2.58 bits per heavy atom. The van der Waals surface area contributed by atoms with Crippen LogP contribution in [-0.2, 0) is 4.74 Å². The molecule has 100 valence electrons. The number of methoxy groups -OCH3 is 1. The van der Waals surface area contributed by atoms with Crippen molar-refractivity contribution in [1.29, 1.82) is 0 Å². The Bertz CT molecular complexity index is 575. The van der Waals surface area contributed by atoms with E-state index >= 15 is 0 Å². The van der Waals surface area contributed by atoms with Crippen molar-refractivity contribution in [3.05, 3.63) is 35.2 Å². The van der Waals surface area contributed by atoms with Crippen LogP contribution >= 0.6 is 11.3 Å². The zero-order valence-electron chi connectivity index (χ0n) is 10.8. The summed E-state index contributed by atoms with van der Waals surface area (Å²) in [5.74, 6) is 0.413. The van der Waals surface area contributed by atoms with Crippen molar-refractivity contribution in [1.82, 2.24) is 0 Å². The molecule has 0 aliphatic heterocycles. The minimum absolute atomic E-state index is 0.344. The zero-order chi connectivity index (χ0) is 13.8. The third-order valence-electron chi connectivity index (χ3n) is 2.69. The summed E-state index contributed by atoms with van der Waals surface area (Å²) in [7, 11) is 1.61. The molecule has 0 fully saturated rings. The number of hydrogen-bond acceptors (Lipinski definition) is 5. The molecule has 0 unspecified atom stereocenters. The third kappa shape index (κ3) is 2.71. The molecule has 5 heteroatoms. The smallest absolute Gasteiger partial charge is 0.339 e. The Morgan fingerprint density at radius 1 is 1.32 bits per heavy atom. The number of ether oxygens (including phenoxy) is 2. The highest BCUT2D eigenvalue weighted by atomic mass is 32.1. The maximum absolute atomic E-state index is 11.9. The van der Waals surface area contributed by atoms with Gasteiger partial charge in [-0.3, -0.25) is 0 Å². The molecule has 0 aliphatic carbocycles. The molecule has 0 atom stereocenters. The van der Waals surface area contributed by atoms with E-state index in [0.29, 0.717) is 17.2 Å². The number of thiophene rings is 1. The van der Waals surface area contributed by atoms with Crippen LogP contribution in [0.5, 0.6) is 5.75 Å². The van der Waals surface area contributed by atoms with E-state index in [-0.39, 0.29) is 5.97 Å². The molecule has 19 heavy (non-hydrogen) atoms. The number of esters is 1. The molecule has 0 amide bonds. The van der Waals surface area contributed by atoms with Crippen molar-refractivity contribution in [2.75, 3.05) is 19.5 Å². The summed E-state index contributed by atoms with van der Waals surface area (Å²) in [4.78, 5) is 11.9. The Kier molecular flexibility index (Phi) is 4.06. The summed E-state index contributed by atoms with van der Waals surface area (Å²) >= 11 is 1.34. The summed E-state index contributed by atoms with van der Waals surface area (Å²) in [5, 5.41) is 2.33. The summed E-state index contributed by atoms with van der Waals surface area (Å²) in [5.41, 5.74) is 8.07. The van der Waals surface area contributed by atoms with Crippen LogP contribution in [0, 0.1) is 0 Å². The molecule has 2 rings (SSSR count). The van der Waals surface area contributed by atoms with Gasteiger partial charge in [0.2, 0.25) is 0 Å². The van der Waals surface area contributed by atoms with E-state index in [9.17, 15) is 4.79 Å². The first-order chi connectivity index (χ1) is 9.17. The van der Waals surface area contributed by atoms with Crippen LogP contribution in [-0.4, -0.2) is 19.7 Å². The lowest BCUT2D eigenvalue weighted by Crippen LogP contribution is -2.05. The fraction of sp³-hybridized carbons (Fsp3) is 0.214. The van der Waals surface area contributed by atoms with Crippen LogP contribution in [0.2, 0.25) is 0 Å². The quantitative estimate of drug-likeness (QED) is 0.872. The molecule has 0 saturated heterocycles. The van der Waals surface area contributed by atoms with Gasteiger partial charge in [0.05, 0.1) is 24.3 Å². The van der Waals surface area contributed by atoms with Crippen molar-refractivity contribution in [2.45, 2.75) is 6.92 Å². The van der Waals surface area contributed by atoms with Crippen molar-refractivity contribution in [2.24, 2.45) is 0 Å². The minimum atomic E-state index is -0.346. The van der Waals surface area contributed by atoms with Gasteiger partial charge in [-0.15, -0.1) is 11.3 Å². The fourth-order valence-electron chi connectivity index (χ4n) is 1.79. The van der Waals surface area contributed by atoms with E-state index in [2.05, 4.69) is 0 Å². The predicted octanol–water partition coefficient (Wildman–Crippen LogP) is 3.18. The second-order valence-electron chi connectivity index (χ2n) is 3.84. The van der Waals surface area contributed by atoms with Gasteiger partial charge >= 0.3 is 5.97 Å². The van der Waals surface area contributed by atoms with Crippen molar-refractivity contribution < 1.29 is 14.3 Å². The van der Waals surface area contributed by atoms with E-state index in [0.717, 1.165) is 16.9 Å². The second kappa shape index (κ2) is 5.75. The number of benzene rings is 1. The average Bonchev–Trinajstić information content (AvgIpc) is 2.81. The van der Waals surface area contributed by atoms with Crippen LogP contribution in [0.4, 0.5) is 5.00 Å². The largest absolute Gasteiger partial charge is 0.497 e. The first-order valence-corrected chi connectivity index (χ1v) is 6.73. The van der Waals surface area contributed by atoms with Gasteiger partial charge < -0.3 is 15.2 Å². The summed E-state index contributed by atoms with van der Waals surface area (Å²) in [6, 6.07) is 7.42. The molecule has 0 saturated carbocycles. The number of carbonyl (C=O) groups excluding carboxylic acids is 1. The maximum atomic E-state index is 11.9. The SMILES string of the molecule is CCOC(=O)c1csc(N)c1-c1ccc(OC)cc1. The lowest BCUT2D eigenvalue weighted by Gasteiger charge is -2.06. The van der Waals surface area contributed by atoms with Crippen molar-refractivity contribution in [3.63, 3.8) is 0 Å². The van der Waals surface area contributed by atoms with Gasteiger partial charge in [0, 0.05) is 10.9 Å². The molecule has 1 aromatic carbocycles. The van der Waals surface area contributed by atoms with Gasteiger partial charge in [0.25, 0.3) is 0 Å². The maximum Gasteiger partial charge on any atom is 0.339 e. The lowest BCUT2D eigenvalue weighted by molar-refractivity contribution is 0.0528. The number of rotatable bonds is 4. The third-order valence-corrected chi connectivity index (χ3v) is 3.51. The molecule has 2 aromatic rings. The van der Waals surface area contributed by atoms with Crippen LogP contribution in [0.1, 0.15) is 17.3 Å². The van der Waals surface area contributed by atoms with E-state index in [4.69, 9.17) is 15.2 Å². The van der Waals surface area contributed by atoms with E-state index in [1.54, 1.807) is 19.4 Å². The Hall–Kier alpha value is -2.01. The molecule has 0 radical (unpaired) electrons. The molecule has 0 bridgehead atoms. The number of carbonyl (C=O) groups is 1. The van der Waals surface area contributed by atoms with Crippen molar-refractivity contribution in [3.8, 4) is 16.9 Å². The van der Waals surface area contributed by atoms with Gasteiger partial charge in [-0.2, -0.15) is 0 Å². The normalized spacial score (nSPS) is 10.2. The van der Waals surface area contributed by atoms with Gasteiger partial charge in [-0.1, -0.05) is 12.1 Å². The molecule has 1 aromatic heterocycles. The predicted molar refractivity (Wildman–Crippen MR) is 76.7 cm³/mol. The lowest BCUT2D eigenvalue weighted by atomic mass is 10.0. The number of anilines is 1.